The third-order valence-electron chi connectivity index (χ3n) is 4.85. The van der Waals surface area contributed by atoms with E-state index in [1.165, 1.54) is 6.07 Å². The van der Waals surface area contributed by atoms with Crippen molar-refractivity contribution in [2.45, 2.75) is 27.7 Å². The topological polar surface area (TPSA) is 106 Å². The molecule has 0 aliphatic heterocycles. The number of carbonyl (C=O) groups excluding carboxylic acids is 2. The zero-order chi connectivity index (χ0) is 21.7. The van der Waals surface area contributed by atoms with Gasteiger partial charge in [-0.15, -0.1) is 0 Å². The number of aryl methyl sites for hydroxylation is 3. The number of amides is 2. The molecule has 0 radical (unpaired) electrons. The maximum absolute atomic E-state index is 12.4. The van der Waals surface area contributed by atoms with Crippen molar-refractivity contribution in [3.8, 4) is 0 Å². The van der Waals surface area contributed by atoms with Crippen molar-refractivity contribution in [2.24, 2.45) is 0 Å². The lowest BCUT2D eigenvalue weighted by Crippen LogP contribution is -3.11. The maximum Gasteiger partial charge on any atom is 0.293 e. The lowest BCUT2D eigenvalue weighted by molar-refractivity contribution is -0.862. The van der Waals surface area contributed by atoms with Crippen LogP contribution in [0.1, 0.15) is 22.3 Å². The highest BCUT2D eigenvalue weighted by Gasteiger charge is 2.22. The Morgan fingerprint density at radius 1 is 0.897 bits per heavy atom. The average Bonchev–Trinajstić information content (AvgIpc) is 2.61. The Labute approximate surface area is 170 Å². The Morgan fingerprint density at radius 3 is 1.93 bits per heavy atom. The molecule has 0 heterocycles. The number of likely N-dealkylation sites (N-methyl/N-ethyl adjacent to an activating group) is 1. The number of nitro groups is 1. The van der Waals surface area contributed by atoms with Crippen LogP contribution in [-0.2, 0) is 9.59 Å². The maximum atomic E-state index is 12.4. The average molecular weight is 399 g/mol. The van der Waals surface area contributed by atoms with Crippen LogP contribution in [0, 0.1) is 37.8 Å². The molecule has 8 heteroatoms. The van der Waals surface area contributed by atoms with E-state index >= 15 is 0 Å². The number of carbonyl (C=O) groups is 2. The third-order valence-corrected chi connectivity index (χ3v) is 4.85. The Balaban J connectivity index is 2.00. The molecule has 8 nitrogen and oxygen atoms in total. The molecule has 154 valence electrons. The van der Waals surface area contributed by atoms with Gasteiger partial charge in [0.05, 0.1) is 12.0 Å². The van der Waals surface area contributed by atoms with E-state index in [-0.39, 0.29) is 36.3 Å². The lowest BCUT2D eigenvalue weighted by atomic mass is 10.1. The zero-order valence-electron chi connectivity index (χ0n) is 17.4. The van der Waals surface area contributed by atoms with Gasteiger partial charge in [0, 0.05) is 11.8 Å². The Hall–Kier alpha value is -3.26. The smallest absolute Gasteiger partial charge is 0.293 e. The molecular weight excluding hydrogens is 372 g/mol. The first-order chi connectivity index (χ1) is 13.6. The largest absolute Gasteiger partial charge is 0.322 e. The van der Waals surface area contributed by atoms with Gasteiger partial charge in [0.15, 0.2) is 13.1 Å². The Kier molecular flexibility index (Phi) is 7.06. The van der Waals surface area contributed by atoms with Gasteiger partial charge in [0.2, 0.25) is 0 Å². The van der Waals surface area contributed by atoms with Crippen LogP contribution in [0.25, 0.3) is 0 Å². The van der Waals surface area contributed by atoms with E-state index in [1.54, 1.807) is 20.0 Å². The number of para-hydroxylation sites is 1. The summed E-state index contributed by atoms with van der Waals surface area (Å²) in [4.78, 5) is 36.2. The van der Waals surface area contributed by atoms with Crippen LogP contribution in [0.3, 0.4) is 0 Å². The first-order valence-electron chi connectivity index (χ1n) is 9.32. The summed E-state index contributed by atoms with van der Waals surface area (Å²) in [6.45, 7) is 7.49. The highest BCUT2D eigenvalue weighted by Crippen LogP contribution is 2.30. The van der Waals surface area contributed by atoms with Gasteiger partial charge in [0.1, 0.15) is 5.69 Å². The fraction of sp³-hybridized carbons (Fsp3) is 0.333. The molecule has 0 fully saturated rings. The van der Waals surface area contributed by atoms with E-state index in [0.717, 1.165) is 22.4 Å². The summed E-state index contributed by atoms with van der Waals surface area (Å²) < 4.78 is 0. The van der Waals surface area contributed by atoms with Crippen molar-refractivity contribution in [1.29, 1.82) is 0 Å². The van der Waals surface area contributed by atoms with Gasteiger partial charge in [-0.2, -0.15) is 0 Å². The van der Waals surface area contributed by atoms with Crippen LogP contribution in [-0.4, -0.2) is 36.9 Å². The summed E-state index contributed by atoms with van der Waals surface area (Å²) in [5, 5.41) is 16.8. The number of quaternary nitrogens is 1. The second-order valence-corrected chi connectivity index (χ2v) is 7.33. The molecule has 0 aliphatic carbocycles. The zero-order valence-corrected chi connectivity index (χ0v) is 17.4. The number of benzene rings is 2. The Bertz CT molecular complexity index is 936. The molecule has 0 saturated carbocycles. The number of nitro benzene ring substituents is 1. The van der Waals surface area contributed by atoms with E-state index in [1.807, 2.05) is 39.0 Å². The molecule has 1 atom stereocenters. The molecule has 0 aromatic heterocycles. The predicted octanol–water partition coefficient (Wildman–Crippen LogP) is 1.92. The fourth-order valence-corrected chi connectivity index (χ4v) is 3.10. The van der Waals surface area contributed by atoms with Crippen LogP contribution < -0.4 is 15.5 Å². The summed E-state index contributed by atoms with van der Waals surface area (Å²) in [6, 6.07) is 8.80. The molecule has 2 rings (SSSR count). The molecule has 0 spiro atoms. The number of rotatable bonds is 7. The van der Waals surface area contributed by atoms with Crippen LogP contribution in [0.5, 0.6) is 0 Å². The predicted molar refractivity (Wildman–Crippen MR) is 112 cm³/mol. The monoisotopic (exact) mass is 399 g/mol. The van der Waals surface area contributed by atoms with Crippen LogP contribution in [0.2, 0.25) is 0 Å². The van der Waals surface area contributed by atoms with Crippen molar-refractivity contribution in [2.75, 3.05) is 30.8 Å². The minimum Gasteiger partial charge on any atom is -0.322 e. The minimum atomic E-state index is -0.517. The number of hydrogen-bond acceptors (Lipinski definition) is 4. The fourth-order valence-electron chi connectivity index (χ4n) is 3.10. The summed E-state index contributed by atoms with van der Waals surface area (Å²) in [7, 11) is 1.72. The lowest BCUT2D eigenvalue weighted by Gasteiger charge is -2.16. The molecule has 3 N–H and O–H groups in total. The van der Waals surface area contributed by atoms with Crippen molar-refractivity contribution >= 4 is 28.9 Å². The van der Waals surface area contributed by atoms with Gasteiger partial charge in [-0.1, -0.05) is 24.3 Å². The standard InChI is InChI=1S/C21H26N4O4/c1-13-9-10-17(25(28)29)21(16(13)4)23-19(27)12-24(5)11-18(26)22-20-14(2)7-6-8-15(20)3/h6-10H,11-12H2,1-5H3,(H,22,26)(H,23,27)/p+1. The molecule has 2 aromatic carbocycles. The van der Waals surface area contributed by atoms with E-state index in [9.17, 15) is 19.7 Å². The summed E-state index contributed by atoms with van der Waals surface area (Å²) >= 11 is 0. The van der Waals surface area contributed by atoms with Crippen LogP contribution in [0.15, 0.2) is 30.3 Å². The normalized spacial score (nSPS) is 11.6. The number of hydrogen-bond donors (Lipinski definition) is 3. The number of anilines is 2. The highest BCUT2D eigenvalue weighted by atomic mass is 16.6. The van der Waals surface area contributed by atoms with E-state index in [0.29, 0.717) is 10.5 Å². The number of nitrogens with zero attached hydrogens (tertiary/aromatic N) is 1. The summed E-state index contributed by atoms with van der Waals surface area (Å²) in [5.74, 6) is -0.593. The molecule has 2 aromatic rings. The van der Waals surface area contributed by atoms with Gasteiger partial charge in [-0.25, -0.2) is 0 Å². The minimum absolute atomic E-state index is 0.00467. The van der Waals surface area contributed by atoms with Crippen LogP contribution in [0.4, 0.5) is 17.1 Å². The molecular formula is C21H27N4O4+. The SMILES string of the molecule is Cc1ccc([N+](=O)[O-])c(NC(=O)C[NH+](C)CC(=O)Nc2c(C)cccc2C)c1C. The van der Waals surface area contributed by atoms with Crippen LogP contribution >= 0.6 is 0 Å². The molecule has 0 aliphatic rings. The molecule has 2 amide bonds. The second kappa shape index (κ2) is 9.29. The molecule has 29 heavy (non-hydrogen) atoms. The third kappa shape index (κ3) is 5.61. The van der Waals surface area contributed by atoms with Gasteiger partial charge in [-0.3, -0.25) is 19.7 Å². The highest BCUT2D eigenvalue weighted by molar-refractivity contribution is 5.96. The van der Waals surface area contributed by atoms with Crippen molar-refractivity contribution in [3.63, 3.8) is 0 Å². The Morgan fingerprint density at radius 2 is 1.41 bits per heavy atom. The van der Waals surface area contributed by atoms with Gasteiger partial charge in [-0.05, 0) is 49.9 Å². The van der Waals surface area contributed by atoms with Gasteiger partial charge >= 0.3 is 0 Å². The first-order valence-corrected chi connectivity index (χ1v) is 9.32. The first kappa shape index (κ1) is 22.0. The van der Waals surface area contributed by atoms with Crippen molar-refractivity contribution < 1.29 is 19.4 Å². The van der Waals surface area contributed by atoms with Gasteiger partial charge < -0.3 is 15.5 Å². The van der Waals surface area contributed by atoms with Gasteiger partial charge in [0.25, 0.3) is 17.5 Å². The summed E-state index contributed by atoms with van der Waals surface area (Å²) in [6.07, 6.45) is 0. The van der Waals surface area contributed by atoms with E-state index < -0.39 is 4.92 Å². The van der Waals surface area contributed by atoms with E-state index in [2.05, 4.69) is 10.6 Å². The quantitative estimate of drug-likeness (QED) is 0.488. The van der Waals surface area contributed by atoms with E-state index in [4.69, 9.17) is 0 Å². The van der Waals surface area contributed by atoms with Crippen molar-refractivity contribution in [1.82, 2.24) is 0 Å². The second-order valence-electron chi connectivity index (χ2n) is 7.33. The summed E-state index contributed by atoms with van der Waals surface area (Å²) in [5.41, 5.74) is 4.27. The number of nitrogens with one attached hydrogen (secondary N) is 3. The molecule has 0 saturated heterocycles. The molecule has 0 bridgehead atoms. The van der Waals surface area contributed by atoms with Crippen molar-refractivity contribution in [3.05, 3.63) is 62.7 Å². The molecule has 1 unspecified atom stereocenters.